The quantitative estimate of drug-likeness (QED) is 0.124. The number of carbonyl (C=O) groups excluding carboxylic acids is 3. The number of hydrogen-bond donors (Lipinski definition) is 8. The highest BCUT2D eigenvalue weighted by molar-refractivity contribution is 5.95. The highest BCUT2D eigenvalue weighted by Crippen LogP contribution is 2.06. The standard InChI is InChI=1S/C18H30N4O10/c1-3-8(2)14(19)17(30)22-11(7-23)16(29)21-10(6-13(26)27)15(28)20-9(18(31)32)4-5-12(24)25/h8-11,14,23H,3-7,19H2,1-2H3,(H,20,28)(H,21,29)(H,22,30)(H,24,25)(H,26,27)(H,31,32). The summed E-state index contributed by atoms with van der Waals surface area (Å²) in [4.78, 5) is 69.9. The van der Waals surface area contributed by atoms with Crippen LogP contribution in [0.15, 0.2) is 0 Å². The van der Waals surface area contributed by atoms with E-state index in [-0.39, 0.29) is 5.92 Å². The molecule has 0 saturated carbocycles. The Morgan fingerprint density at radius 2 is 1.31 bits per heavy atom. The van der Waals surface area contributed by atoms with Crippen LogP contribution in [0, 0.1) is 5.92 Å². The van der Waals surface area contributed by atoms with E-state index in [1.807, 2.05) is 10.6 Å². The molecule has 0 aromatic heterocycles. The van der Waals surface area contributed by atoms with E-state index in [0.29, 0.717) is 6.42 Å². The Morgan fingerprint density at radius 1 is 0.812 bits per heavy atom. The van der Waals surface area contributed by atoms with Gasteiger partial charge >= 0.3 is 17.9 Å². The van der Waals surface area contributed by atoms with Crippen LogP contribution in [0.2, 0.25) is 0 Å². The molecule has 182 valence electrons. The zero-order chi connectivity index (χ0) is 25.0. The van der Waals surface area contributed by atoms with E-state index >= 15 is 0 Å². The summed E-state index contributed by atoms with van der Waals surface area (Å²) in [6.07, 6.45) is -1.44. The number of carbonyl (C=O) groups is 6. The van der Waals surface area contributed by atoms with Crippen LogP contribution in [-0.2, 0) is 28.8 Å². The van der Waals surface area contributed by atoms with Gasteiger partial charge in [0.2, 0.25) is 17.7 Å². The third-order valence-electron chi connectivity index (χ3n) is 4.65. The smallest absolute Gasteiger partial charge is 0.326 e. The number of carboxylic acid groups (broad SMARTS) is 3. The Kier molecular flexibility index (Phi) is 12.5. The fourth-order valence-corrected chi connectivity index (χ4v) is 2.43. The summed E-state index contributed by atoms with van der Waals surface area (Å²) < 4.78 is 0. The van der Waals surface area contributed by atoms with E-state index in [1.165, 1.54) is 0 Å². The van der Waals surface area contributed by atoms with Crippen molar-refractivity contribution >= 4 is 35.6 Å². The molecule has 9 N–H and O–H groups in total. The van der Waals surface area contributed by atoms with Gasteiger partial charge in [-0.15, -0.1) is 0 Å². The van der Waals surface area contributed by atoms with Crippen LogP contribution in [0.1, 0.15) is 39.5 Å². The monoisotopic (exact) mass is 462 g/mol. The van der Waals surface area contributed by atoms with E-state index in [0.717, 1.165) is 0 Å². The molecule has 0 saturated heterocycles. The molecule has 0 aliphatic rings. The van der Waals surface area contributed by atoms with Crippen molar-refractivity contribution in [1.82, 2.24) is 16.0 Å². The van der Waals surface area contributed by atoms with Crippen LogP contribution >= 0.6 is 0 Å². The number of nitrogens with one attached hydrogen (secondary N) is 3. The number of carboxylic acids is 3. The molecule has 0 heterocycles. The lowest BCUT2D eigenvalue weighted by Gasteiger charge is -2.24. The van der Waals surface area contributed by atoms with E-state index in [1.54, 1.807) is 13.8 Å². The van der Waals surface area contributed by atoms with Gasteiger partial charge in [0.05, 0.1) is 19.1 Å². The van der Waals surface area contributed by atoms with Gasteiger partial charge < -0.3 is 42.1 Å². The van der Waals surface area contributed by atoms with E-state index < -0.39 is 85.7 Å². The number of aliphatic hydroxyl groups is 1. The second-order valence-corrected chi connectivity index (χ2v) is 7.15. The predicted molar refractivity (Wildman–Crippen MR) is 107 cm³/mol. The van der Waals surface area contributed by atoms with Gasteiger partial charge in [-0.3, -0.25) is 24.0 Å². The van der Waals surface area contributed by atoms with Crippen molar-refractivity contribution in [2.24, 2.45) is 11.7 Å². The Balaban J connectivity index is 5.33. The van der Waals surface area contributed by atoms with E-state index in [9.17, 15) is 33.9 Å². The Bertz CT molecular complexity index is 714. The molecule has 0 spiro atoms. The van der Waals surface area contributed by atoms with Gasteiger partial charge in [0, 0.05) is 6.42 Å². The largest absolute Gasteiger partial charge is 0.481 e. The molecule has 0 radical (unpaired) electrons. The maximum absolute atomic E-state index is 12.4. The summed E-state index contributed by atoms with van der Waals surface area (Å²) in [5.74, 6) is -7.65. The van der Waals surface area contributed by atoms with Crippen molar-refractivity contribution in [1.29, 1.82) is 0 Å². The van der Waals surface area contributed by atoms with Crippen molar-refractivity contribution in [2.75, 3.05) is 6.61 Å². The second kappa shape index (κ2) is 13.9. The lowest BCUT2D eigenvalue weighted by Crippen LogP contribution is -2.58. The molecule has 0 aliphatic carbocycles. The molecular formula is C18H30N4O10. The van der Waals surface area contributed by atoms with Crippen molar-refractivity contribution in [3.8, 4) is 0 Å². The fraction of sp³-hybridized carbons (Fsp3) is 0.667. The zero-order valence-corrected chi connectivity index (χ0v) is 17.7. The second-order valence-electron chi connectivity index (χ2n) is 7.15. The van der Waals surface area contributed by atoms with Crippen LogP contribution in [0.3, 0.4) is 0 Å². The number of rotatable bonds is 15. The summed E-state index contributed by atoms with van der Waals surface area (Å²) in [7, 11) is 0. The average molecular weight is 462 g/mol. The van der Waals surface area contributed by atoms with Gasteiger partial charge in [0.1, 0.15) is 18.1 Å². The summed E-state index contributed by atoms with van der Waals surface area (Å²) in [6, 6.07) is -5.94. The highest BCUT2D eigenvalue weighted by Gasteiger charge is 2.32. The van der Waals surface area contributed by atoms with Crippen molar-refractivity contribution in [3.63, 3.8) is 0 Å². The molecule has 0 aromatic carbocycles. The van der Waals surface area contributed by atoms with Gasteiger partial charge in [-0.05, 0) is 12.3 Å². The molecule has 0 fully saturated rings. The Labute approximate surface area is 183 Å². The summed E-state index contributed by atoms with van der Waals surface area (Å²) in [5, 5.41) is 42.4. The van der Waals surface area contributed by atoms with Crippen molar-refractivity contribution < 1.29 is 49.2 Å². The number of hydrogen-bond acceptors (Lipinski definition) is 8. The van der Waals surface area contributed by atoms with Gasteiger partial charge in [0.25, 0.3) is 0 Å². The minimum Gasteiger partial charge on any atom is -0.481 e. The number of amides is 3. The predicted octanol–water partition coefficient (Wildman–Crippen LogP) is -2.77. The number of nitrogens with two attached hydrogens (primary N) is 1. The molecule has 14 nitrogen and oxygen atoms in total. The van der Waals surface area contributed by atoms with Crippen molar-refractivity contribution in [3.05, 3.63) is 0 Å². The van der Waals surface area contributed by atoms with Crippen molar-refractivity contribution in [2.45, 2.75) is 63.7 Å². The SMILES string of the molecule is CCC(C)C(N)C(=O)NC(CO)C(=O)NC(CC(=O)O)C(=O)NC(CCC(=O)O)C(=O)O. The molecule has 0 aliphatic heterocycles. The van der Waals surface area contributed by atoms with E-state index in [2.05, 4.69) is 5.32 Å². The van der Waals surface area contributed by atoms with Crippen LogP contribution in [-0.4, -0.2) is 86.8 Å². The van der Waals surface area contributed by atoms with Gasteiger partial charge in [0.15, 0.2) is 0 Å². The first-order valence-electron chi connectivity index (χ1n) is 9.77. The molecule has 0 rings (SSSR count). The summed E-state index contributed by atoms with van der Waals surface area (Å²) in [6.45, 7) is 2.61. The first-order chi connectivity index (χ1) is 14.8. The van der Waals surface area contributed by atoms with Gasteiger partial charge in [-0.25, -0.2) is 4.79 Å². The van der Waals surface area contributed by atoms with Crippen LogP contribution in [0.4, 0.5) is 0 Å². The summed E-state index contributed by atoms with van der Waals surface area (Å²) >= 11 is 0. The van der Waals surface area contributed by atoms with Crippen LogP contribution in [0.25, 0.3) is 0 Å². The fourth-order valence-electron chi connectivity index (χ4n) is 2.43. The molecule has 14 heteroatoms. The first-order valence-corrected chi connectivity index (χ1v) is 9.77. The third kappa shape index (κ3) is 10.2. The Hall–Kier alpha value is -3.26. The van der Waals surface area contributed by atoms with Crippen LogP contribution in [0.5, 0.6) is 0 Å². The molecule has 3 amide bonds. The molecular weight excluding hydrogens is 432 g/mol. The minimum absolute atomic E-state index is 0.235. The maximum atomic E-state index is 12.4. The molecule has 32 heavy (non-hydrogen) atoms. The molecule has 0 bridgehead atoms. The minimum atomic E-state index is -1.76. The molecule has 5 atom stereocenters. The van der Waals surface area contributed by atoms with Gasteiger partial charge in [-0.2, -0.15) is 0 Å². The topological polar surface area (TPSA) is 245 Å². The average Bonchev–Trinajstić information content (AvgIpc) is 2.71. The molecule has 0 aromatic rings. The lowest BCUT2D eigenvalue weighted by atomic mass is 9.99. The highest BCUT2D eigenvalue weighted by atomic mass is 16.4. The lowest BCUT2D eigenvalue weighted by molar-refractivity contribution is -0.144. The first kappa shape index (κ1) is 28.7. The zero-order valence-electron chi connectivity index (χ0n) is 17.7. The van der Waals surface area contributed by atoms with Gasteiger partial charge in [-0.1, -0.05) is 20.3 Å². The Morgan fingerprint density at radius 3 is 1.75 bits per heavy atom. The van der Waals surface area contributed by atoms with Crippen LogP contribution < -0.4 is 21.7 Å². The normalized spacial score (nSPS) is 15.4. The summed E-state index contributed by atoms with van der Waals surface area (Å²) in [5.41, 5.74) is 5.76. The van der Waals surface area contributed by atoms with E-state index in [4.69, 9.17) is 21.1 Å². The number of aliphatic carboxylic acids is 3. The molecule has 5 unspecified atom stereocenters. The third-order valence-corrected chi connectivity index (χ3v) is 4.65. The number of aliphatic hydroxyl groups excluding tert-OH is 1. The maximum Gasteiger partial charge on any atom is 0.326 e.